The lowest BCUT2D eigenvalue weighted by Gasteiger charge is -2.12. The molecule has 0 saturated carbocycles. The Hall–Kier alpha value is -0.860. The first-order valence-corrected chi connectivity index (χ1v) is 2.96. The summed E-state index contributed by atoms with van der Waals surface area (Å²) < 4.78 is 0. The van der Waals surface area contributed by atoms with Gasteiger partial charge in [0.1, 0.15) is 12.2 Å². The van der Waals surface area contributed by atoms with Gasteiger partial charge in [-0.05, 0) is 0 Å². The highest BCUT2D eigenvalue weighted by atomic mass is 15.2. The van der Waals surface area contributed by atoms with Gasteiger partial charge in [0.15, 0.2) is 0 Å². The number of nitrogens with one attached hydrogen (secondary N) is 1. The van der Waals surface area contributed by atoms with Crippen LogP contribution in [0, 0.1) is 0 Å². The molecule has 1 rings (SSSR count). The van der Waals surface area contributed by atoms with Crippen molar-refractivity contribution in [1.29, 1.82) is 0 Å². The van der Waals surface area contributed by atoms with E-state index in [9.17, 15) is 0 Å². The Bertz CT molecular complexity index is 171. The van der Waals surface area contributed by atoms with Crippen molar-refractivity contribution in [2.45, 2.75) is 33.6 Å². The molecule has 0 fully saturated rings. The fraction of sp³-hybridized carbons (Fsp3) is 0.714. The van der Waals surface area contributed by atoms with E-state index in [1.807, 2.05) is 0 Å². The molecular weight excluding hydrogens is 126 g/mol. The predicted octanol–water partition coefficient (Wildman–Crippen LogP) is 1.74. The maximum absolute atomic E-state index is 4.02. The topological polar surface area (TPSA) is 41.6 Å². The first kappa shape index (κ1) is 9.14. The number of aromatic nitrogens is 3. The average molecular weight is 141 g/mol. The zero-order chi connectivity index (χ0) is 6.91. The molecule has 0 radical (unpaired) electrons. The Morgan fingerprint density at radius 3 is 2.20 bits per heavy atom. The summed E-state index contributed by atoms with van der Waals surface area (Å²) in [6.07, 6.45) is 1.53. The van der Waals surface area contributed by atoms with Crippen LogP contribution in [0.25, 0.3) is 0 Å². The van der Waals surface area contributed by atoms with Gasteiger partial charge < -0.3 is 0 Å². The van der Waals surface area contributed by atoms with Crippen LogP contribution in [0.4, 0.5) is 0 Å². The molecule has 3 nitrogen and oxygen atoms in total. The maximum Gasteiger partial charge on any atom is 0.137 e. The highest BCUT2D eigenvalue weighted by molar-refractivity contribution is 4.97. The predicted molar refractivity (Wildman–Crippen MR) is 41.8 cm³/mol. The van der Waals surface area contributed by atoms with Crippen molar-refractivity contribution < 1.29 is 0 Å². The minimum atomic E-state index is 0. The third-order valence-electron chi connectivity index (χ3n) is 1.13. The van der Waals surface area contributed by atoms with E-state index in [4.69, 9.17) is 0 Å². The number of aromatic amines is 1. The van der Waals surface area contributed by atoms with Gasteiger partial charge in [-0.2, -0.15) is 5.10 Å². The van der Waals surface area contributed by atoms with Crippen molar-refractivity contribution >= 4 is 0 Å². The SMILES string of the molecule is C.CC(C)(C)c1ncn[nH]1. The van der Waals surface area contributed by atoms with Crippen LogP contribution in [-0.2, 0) is 5.41 Å². The van der Waals surface area contributed by atoms with E-state index >= 15 is 0 Å². The molecule has 0 bridgehead atoms. The van der Waals surface area contributed by atoms with Crippen LogP contribution in [0.2, 0.25) is 0 Å². The minimum Gasteiger partial charge on any atom is -0.263 e. The van der Waals surface area contributed by atoms with Gasteiger partial charge in [0.2, 0.25) is 0 Å². The Balaban J connectivity index is 0.000000810. The van der Waals surface area contributed by atoms with Crippen molar-refractivity contribution in [1.82, 2.24) is 15.2 Å². The van der Waals surface area contributed by atoms with Crippen LogP contribution in [0.5, 0.6) is 0 Å². The molecule has 0 amide bonds. The summed E-state index contributed by atoms with van der Waals surface area (Å²) in [6.45, 7) is 6.27. The van der Waals surface area contributed by atoms with E-state index in [1.165, 1.54) is 6.33 Å². The van der Waals surface area contributed by atoms with Crippen molar-refractivity contribution in [2.75, 3.05) is 0 Å². The van der Waals surface area contributed by atoms with Crippen molar-refractivity contribution in [2.24, 2.45) is 0 Å². The fourth-order valence-corrected chi connectivity index (χ4v) is 0.567. The number of nitrogens with zero attached hydrogens (tertiary/aromatic N) is 2. The largest absolute Gasteiger partial charge is 0.263 e. The summed E-state index contributed by atoms with van der Waals surface area (Å²) in [7, 11) is 0. The van der Waals surface area contributed by atoms with Crippen LogP contribution < -0.4 is 0 Å². The number of H-pyrrole nitrogens is 1. The first-order valence-electron chi connectivity index (χ1n) is 2.96. The third kappa shape index (κ3) is 1.83. The first-order chi connectivity index (χ1) is 4.11. The summed E-state index contributed by atoms with van der Waals surface area (Å²) in [4.78, 5) is 4.02. The zero-order valence-corrected chi connectivity index (χ0v) is 5.97. The molecule has 0 spiro atoms. The van der Waals surface area contributed by atoms with Crippen LogP contribution in [0.1, 0.15) is 34.0 Å². The van der Waals surface area contributed by atoms with E-state index in [1.54, 1.807) is 0 Å². The van der Waals surface area contributed by atoms with E-state index < -0.39 is 0 Å². The molecule has 0 aliphatic rings. The lowest BCUT2D eigenvalue weighted by atomic mass is 9.96. The lowest BCUT2D eigenvalue weighted by Crippen LogP contribution is -2.13. The molecule has 1 N–H and O–H groups in total. The Morgan fingerprint density at radius 2 is 2.00 bits per heavy atom. The van der Waals surface area contributed by atoms with Crippen LogP contribution in [-0.4, -0.2) is 15.2 Å². The summed E-state index contributed by atoms with van der Waals surface area (Å²) in [5.74, 6) is 0.933. The summed E-state index contributed by atoms with van der Waals surface area (Å²) >= 11 is 0. The second kappa shape index (κ2) is 2.82. The summed E-state index contributed by atoms with van der Waals surface area (Å²) in [5.41, 5.74) is 0.0938. The molecule has 0 aliphatic carbocycles. The number of hydrogen-bond donors (Lipinski definition) is 1. The summed E-state index contributed by atoms with van der Waals surface area (Å²) in [5, 5.41) is 6.57. The van der Waals surface area contributed by atoms with Gasteiger partial charge >= 0.3 is 0 Å². The van der Waals surface area contributed by atoms with Crippen LogP contribution in [0.15, 0.2) is 6.33 Å². The zero-order valence-electron chi connectivity index (χ0n) is 5.97. The smallest absolute Gasteiger partial charge is 0.137 e. The van der Waals surface area contributed by atoms with E-state index in [0.29, 0.717) is 0 Å². The van der Waals surface area contributed by atoms with Gasteiger partial charge in [-0.3, -0.25) is 5.10 Å². The van der Waals surface area contributed by atoms with E-state index in [2.05, 4.69) is 36.0 Å². The maximum atomic E-state index is 4.02. The molecule has 0 atom stereocenters. The molecular formula is C7H15N3. The molecule has 1 aromatic heterocycles. The molecule has 0 aromatic carbocycles. The quantitative estimate of drug-likeness (QED) is 0.598. The lowest BCUT2D eigenvalue weighted by molar-refractivity contribution is 0.548. The standard InChI is InChI=1S/C6H11N3.CH4/c1-6(2,3)5-7-4-8-9-5;/h4H,1-3H3,(H,7,8,9);1H4. The van der Waals surface area contributed by atoms with Gasteiger partial charge in [-0.15, -0.1) is 0 Å². The van der Waals surface area contributed by atoms with E-state index in [0.717, 1.165) is 5.82 Å². The Kier molecular flexibility index (Phi) is 2.57. The molecule has 0 saturated heterocycles. The highest BCUT2D eigenvalue weighted by Crippen LogP contribution is 2.15. The summed E-state index contributed by atoms with van der Waals surface area (Å²) in [6, 6.07) is 0. The fourth-order valence-electron chi connectivity index (χ4n) is 0.567. The number of rotatable bonds is 0. The second-order valence-electron chi connectivity index (χ2n) is 3.08. The Labute approximate surface area is 61.9 Å². The molecule has 10 heavy (non-hydrogen) atoms. The van der Waals surface area contributed by atoms with Gasteiger partial charge in [0.05, 0.1) is 0 Å². The molecule has 3 heteroatoms. The minimum absolute atomic E-state index is 0. The monoisotopic (exact) mass is 141 g/mol. The molecule has 0 aliphatic heterocycles. The highest BCUT2D eigenvalue weighted by Gasteiger charge is 2.15. The van der Waals surface area contributed by atoms with Crippen molar-refractivity contribution in [3.8, 4) is 0 Å². The van der Waals surface area contributed by atoms with Gasteiger partial charge in [0, 0.05) is 5.41 Å². The van der Waals surface area contributed by atoms with Crippen LogP contribution in [0.3, 0.4) is 0 Å². The van der Waals surface area contributed by atoms with Crippen molar-refractivity contribution in [3.05, 3.63) is 12.2 Å². The van der Waals surface area contributed by atoms with E-state index in [-0.39, 0.29) is 12.8 Å². The molecule has 58 valence electrons. The normalized spacial score (nSPS) is 10.7. The van der Waals surface area contributed by atoms with Gasteiger partial charge in [-0.1, -0.05) is 28.2 Å². The van der Waals surface area contributed by atoms with Crippen molar-refractivity contribution in [3.63, 3.8) is 0 Å². The molecule has 1 heterocycles. The second-order valence-corrected chi connectivity index (χ2v) is 3.08. The van der Waals surface area contributed by atoms with Gasteiger partial charge in [0.25, 0.3) is 0 Å². The number of hydrogen-bond acceptors (Lipinski definition) is 2. The Morgan fingerprint density at radius 1 is 1.40 bits per heavy atom. The molecule has 0 unspecified atom stereocenters. The van der Waals surface area contributed by atoms with Crippen LogP contribution >= 0.6 is 0 Å². The van der Waals surface area contributed by atoms with Gasteiger partial charge in [-0.25, -0.2) is 4.98 Å². The molecule has 1 aromatic rings. The average Bonchev–Trinajstić information content (AvgIpc) is 2.08. The third-order valence-corrected chi connectivity index (χ3v) is 1.13.